The third kappa shape index (κ3) is 1.98. The molecule has 0 radical (unpaired) electrons. The van der Waals surface area contributed by atoms with Crippen LogP contribution in [0.1, 0.15) is 42.1 Å². The highest BCUT2D eigenvalue weighted by Gasteiger charge is 2.38. The number of aromatic nitrogens is 1. The molecule has 15 heavy (non-hydrogen) atoms. The smallest absolute Gasteiger partial charge is 0.248 e. The first-order valence-corrected chi connectivity index (χ1v) is 5.03. The molecule has 1 aliphatic carbocycles. The van der Waals surface area contributed by atoms with Crippen molar-refractivity contribution in [3.8, 4) is 0 Å². The summed E-state index contributed by atoms with van der Waals surface area (Å²) in [6, 6.07) is 3.23. The minimum atomic E-state index is -4.32. The highest BCUT2D eigenvalue weighted by molar-refractivity contribution is 5.29. The van der Waals surface area contributed by atoms with Crippen LogP contribution in [0.4, 0.5) is 13.2 Å². The average Bonchev–Trinajstić information content (AvgIpc) is 2.03. The van der Waals surface area contributed by atoms with Crippen LogP contribution in [0, 0.1) is 6.92 Å². The van der Waals surface area contributed by atoms with E-state index in [-0.39, 0.29) is 5.92 Å². The van der Waals surface area contributed by atoms with Gasteiger partial charge < -0.3 is 0 Å². The Labute approximate surface area is 86.3 Å². The van der Waals surface area contributed by atoms with Crippen molar-refractivity contribution in [3.63, 3.8) is 0 Å². The Morgan fingerprint density at radius 2 is 1.93 bits per heavy atom. The van der Waals surface area contributed by atoms with Crippen LogP contribution < -0.4 is 0 Å². The number of hydrogen-bond acceptors (Lipinski definition) is 1. The predicted molar refractivity (Wildman–Crippen MR) is 50.6 cm³/mol. The predicted octanol–water partition coefficient (Wildman–Crippen LogP) is 3.68. The van der Waals surface area contributed by atoms with Gasteiger partial charge in [-0.15, -0.1) is 0 Å². The van der Waals surface area contributed by atoms with E-state index in [1.165, 1.54) is 0 Å². The fourth-order valence-electron chi connectivity index (χ4n) is 1.84. The van der Waals surface area contributed by atoms with Crippen molar-refractivity contribution >= 4 is 0 Å². The molecule has 1 nitrogen and oxygen atoms in total. The van der Waals surface area contributed by atoms with Gasteiger partial charge in [0.25, 0.3) is 0 Å². The number of rotatable bonds is 1. The first-order valence-electron chi connectivity index (χ1n) is 5.03. The van der Waals surface area contributed by atoms with E-state index in [4.69, 9.17) is 0 Å². The second-order valence-corrected chi connectivity index (χ2v) is 4.02. The molecule has 82 valence electrons. The van der Waals surface area contributed by atoms with Crippen LogP contribution >= 0.6 is 0 Å². The molecule has 0 amide bonds. The van der Waals surface area contributed by atoms with E-state index in [0.29, 0.717) is 11.3 Å². The average molecular weight is 215 g/mol. The van der Waals surface area contributed by atoms with Crippen LogP contribution in [0.2, 0.25) is 0 Å². The van der Waals surface area contributed by atoms with Crippen molar-refractivity contribution in [2.75, 3.05) is 0 Å². The van der Waals surface area contributed by atoms with E-state index < -0.39 is 11.9 Å². The van der Waals surface area contributed by atoms with E-state index in [9.17, 15) is 13.2 Å². The fourth-order valence-corrected chi connectivity index (χ4v) is 1.84. The zero-order valence-electron chi connectivity index (χ0n) is 8.43. The zero-order valence-corrected chi connectivity index (χ0v) is 8.43. The summed E-state index contributed by atoms with van der Waals surface area (Å²) >= 11 is 0. The number of nitrogens with zero attached hydrogens (tertiary/aromatic N) is 1. The molecule has 0 bridgehead atoms. The fraction of sp³-hybridized carbons (Fsp3) is 0.545. The maximum atomic E-state index is 12.7. The van der Waals surface area contributed by atoms with E-state index in [0.717, 1.165) is 19.3 Å². The largest absolute Gasteiger partial charge is 0.433 e. The summed E-state index contributed by atoms with van der Waals surface area (Å²) in [5.41, 5.74) is 0.108. The molecule has 0 aliphatic heterocycles. The number of hydrogen-bond donors (Lipinski definition) is 0. The zero-order chi connectivity index (χ0) is 11.1. The van der Waals surface area contributed by atoms with Gasteiger partial charge in [-0.2, -0.15) is 13.2 Å². The van der Waals surface area contributed by atoms with Gasteiger partial charge in [0.15, 0.2) is 0 Å². The molecule has 1 saturated carbocycles. The molecular formula is C11H12F3N. The van der Waals surface area contributed by atoms with Gasteiger partial charge in [0.2, 0.25) is 0 Å². The Morgan fingerprint density at radius 3 is 2.40 bits per heavy atom. The van der Waals surface area contributed by atoms with Gasteiger partial charge in [-0.05, 0) is 37.3 Å². The normalized spacial score (nSPS) is 17.6. The third-order valence-electron chi connectivity index (χ3n) is 2.88. The molecule has 0 spiro atoms. The molecule has 1 heterocycles. The lowest BCUT2D eigenvalue weighted by atomic mass is 9.79. The van der Waals surface area contributed by atoms with Crippen LogP contribution in [0.3, 0.4) is 0 Å². The summed E-state index contributed by atoms with van der Waals surface area (Å²) in [4.78, 5) is 3.62. The summed E-state index contributed by atoms with van der Waals surface area (Å²) < 4.78 is 38.1. The van der Waals surface area contributed by atoms with E-state index in [1.807, 2.05) is 0 Å². The number of halogens is 3. The van der Waals surface area contributed by atoms with Gasteiger partial charge in [0.05, 0.1) is 0 Å². The van der Waals surface area contributed by atoms with Gasteiger partial charge in [-0.25, -0.2) is 4.98 Å². The summed E-state index contributed by atoms with van der Waals surface area (Å²) in [6.45, 7) is 1.58. The molecular weight excluding hydrogens is 203 g/mol. The lowest BCUT2D eigenvalue weighted by molar-refractivity contribution is -0.142. The van der Waals surface area contributed by atoms with Gasteiger partial charge in [-0.1, -0.05) is 12.5 Å². The van der Waals surface area contributed by atoms with Gasteiger partial charge in [0.1, 0.15) is 5.69 Å². The highest BCUT2D eigenvalue weighted by atomic mass is 19.4. The minimum absolute atomic E-state index is 0.0646. The molecule has 0 N–H and O–H groups in total. The second kappa shape index (κ2) is 3.51. The summed E-state index contributed by atoms with van der Waals surface area (Å²) in [5, 5.41) is 0. The van der Waals surface area contributed by atoms with Gasteiger partial charge in [0, 0.05) is 5.69 Å². The first kappa shape index (κ1) is 10.5. The number of aryl methyl sites for hydroxylation is 1. The van der Waals surface area contributed by atoms with Crippen molar-refractivity contribution < 1.29 is 13.2 Å². The van der Waals surface area contributed by atoms with Crippen molar-refractivity contribution in [2.24, 2.45) is 0 Å². The minimum Gasteiger partial charge on any atom is -0.248 e. The second-order valence-electron chi connectivity index (χ2n) is 4.02. The van der Waals surface area contributed by atoms with Crippen LogP contribution in [-0.2, 0) is 6.18 Å². The Morgan fingerprint density at radius 1 is 1.27 bits per heavy atom. The molecule has 2 rings (SSSR count). The molecule has 1 aliphatic rings. The van der Waals surface area contributed by atoms with E-state index >= 15 is 0 Å². The van der Waals surface area contributed by atoms with Gasteiger partial charge >= 0.3 is 6.18 Å². The molecule has 1 aromatic rings. The lowest BCUT2D eigenvalue weighted by Crippen LogP contribution is -2.18. The Kier molecular flexibility index (Phi) is 2.44. The Balaban J connectivity index is 2.44. The summed E-state index contributed by atoms with van der Waals surface area (Å²) in [6.07, 6.45) is -1.59. The molecule has 4 heteroatoms. The first-order chi connectivity index (χ1) is 6.98. The van der Waals surface area contributed by atoms with Crippen LogP contribution in [0.15, 0.2) is 12.1 Å². The van der Waals surface area contributed by atoms with Crippen LogP contribution in [0.5, 0.6) is 0 Å². The molecule has 1 aromatic heterocycles. The molecule has 0 aromatic carbocycles. The van der Waals surface area contributed by atoms with Crippen LogP contribution in [0.25, 0.3) is 0 Å². The third-order valence-corrected chi connectivity index (χ3v) is 2.88. The lowest BCUT2D eigenvalue weighted by Gasteiger charge is -2.28. The van der Waals surface area contributed by atoms with Crippen molar-refractivity contribution in [2.45, 2.75) is 38.3 Å². The van der Waals surface area contributed by atoms with Crippen molar-refractivity contribution in [3.05, 3.63) is 29.1 Å². The SMILES string of the molecule is Cc1ccc(C2CCC2)c(C(F)(F)F)n1. The van der Waals surface area contributed by atoms with E-state index in [1.54, 1.807) is 19.1 Å². The molecule has 0 unspecified atom stereocenters. The maximum Gasteiger partial charge on any atom is 0.433 e. The molecule has 1 fully saturated rings. The maximum absolute atomic E-state index is 12.7. The standard InChI is InChI=1S/C11H12F3N/c1-7-5-6-9(8-3-2-4-8)10(15-7)11(12,13)14/h5-6,8H,2-4H2,1H3. The van der Waals surface area contributed by atoms with Crippen molar-refractivity contribution in [1.29, 1.82) is 0 Å². The van der Waals surface area contributed by atoms with Crippen molar-refractivity contribution in [1.82, 2.24) is 4.98 Å². The monoisotopic (exact) mass is 215 g/mol. The number of alkyl halides is 3. The highest BCUT2D eigenvalue weighted by Crippen LogP contribution is 2.42. The summed E-state index contributed by atoms with van der Waals surface area (Å²) in [7, 11) is 0. The van der Waals surface area contributed by atoms with Crippen LogP contribution in [-0.4, -0.2) is 4.98 Å². The quantitative estimate of drug-likeness (QED) is 0.696. The Hall–Kier alpha value is -1.06. The topological polar surface area (TPSA) is 12.9 Å². The van der Waals surface area contributed by atoms with E-state index in [2.05, 4.69) is 4.98 Å². The molecule has 0 atom stereocenters. The van der Waals surface area contributed by atoms with Gasteiger partial charge in [-0.3, -0.25) is 0 Å². The summed E-state index contributed by atoms with van der Waals surface area (Å²) in [5.74, 6) is 0.0646. The number of pyridine rings is 1. The molecule has 0 saturated heterocycles. The Bertz CT molecular complexity index is 367.